The first-order chi connectivity index (χ1) is 15.2. The molecule has 1 fully saturated rings. The largest absolute Gasteiger partial charge is 0.522 e. The topological polar surface area (TPSA) is 90.1 Å². The number of nitrogens with zero attached hydrogens (tertiary/aromatic N) is 3. The highest BCUT2D eigenvalue weighted by Gasteiger charge is 2.42. The van der Waals surface area contributed by atoms with Crippen LogP contribution in [0.1, 0.15) is 47.5 Å². The molecule has 11 heteroatoms. The lowest BCUT2D eigenvalue weighted by Gasteiger charge is -2.32. The van der Waals surface area contributed by atoms with Gasteiger partial charge in [-0.1, -0.05) is 24.2 Å². The maximum atomic E-state index is 12.4. The Balaban J connectivity index is 1.26. The van der Waals surface area contributed by atoms with Crippen LogP contribution >= 0.6 is 11.6 Å². The summed E-state index contributed by atoms with van der Waals surface area (Å²) in [5, 5.41) is 12.0. The van der Waals surface area contributed by atoms with Crippen molar-refractivity contribution in [3.63, 3.8) is 0 Å². The number of halogens is 4. The first-order valence-electron chi connectivity index (χ1n) is 9.78. The molecule has 1 aliphatic carbocycles. The van der Waals surface area contributed by atoms with E-state index in [0.717, 1.165) is 5.39 Å². The number of aromatic nitrogens is 3. The van der Waals surface area contributed by atoms with Gasteiger partial charge in [0.15, 0.2) is 0 Å². The van der Waals surface area contributed by atoms with Crippen LogP contribution < -0.4 is 5.32 Å². The van der Waals surface area contributed by atoms with Gasteiger partial charge in [-0.2, -0.15) is 0 Å². The van der Waals surface area contributed by atoms with Gasteiger partial charge in [-0.15, -0.1) is 23.4 Å². The zero-order valence-electron chi connectivity index (χ0n) is 16.7. The van der Waals surface area contributed by atoms with E-state index in [4.69, 9.17) is 16.0 Å². The first-order valence-corrected chi connectivity index (χ1v) is 10.2. The molecule has 32 heavy (non-hydrogen) atoms. The molecule has 2 aromatic heterocycles. The van der Waals surface area contributed by atoms with Crippen molar-refractivity contribution in [3.8, 4) is 0 Å². The predicted molar refractivity (Wildman–Crippen MR) is 110 cm³/mol. The second-order valence-corrected chi connectivity index (χ2v) is 7.88. The van der Waals surface area contributed by atoms with Gasteiger partial charge < -0.3 is 9.73 Å². The van der Waals surface area contributed by atoms with Crippen LogP contribution in [0.15, 0.2) is 41.3 Å². The monoisotopic (exact) mass is 466 g/mol. The lowest BCUT2D eigenvalue weighted by Crippen LogP contribution is -2.34. The molecule has 1 aliphatic rings. The average Bonchev–Trinajstić information content (AvgIpc) is 3.18. The minimum absolute atomic E-state index is 0.161. The highest BCUT2D eigenvalue weighted by molar-refractivity contribution is 6.31. The van der Waals surface area contributed by atoms with Crippen LogP contribution in [0.5, 0.6) is 0 Å². The number of ether oxygens (including phenoxy) is 1. The molecule has 168 valence electrons. The molecule has 1 amide bonds. The number of pyridine rings is 1. The van der Waals surface area contributed by atoms with Crippen LogP contribution in [0, 0.1) is 0 Å². The fourth-order valence-corrected chi connectivity index (χ4v) is 3.52. The summed E-state index contributed by atoms with van der Waals surface area (Å²) in [6.07, 6.45) is -4.87. The quantitative estimate of drug-likeness (QED) is 0.533. The molecule has 4 rings (SSSR count). The second-order valence-electron chi connectivity index (χ2n) is 7.44. The Hall–Kier alpha value is -2.98. The van der Waals surface area contributed by atoms with E-state index >= 15 is 0 Å². The highest BCUT2D eigenvalue weighted by Crippen LogP contribution is 2.41. The fourth-order valence-electron chi connectivity index (χ4n) is 3.34. The van der Waals surface area contributed by atoms with E-state index in [0.29, 0.717) is 22.5 Å². The zero-order chi connectivity index (χ0) is 22.9. The second kappa shape index (κ2) is 8.87. The van der Waals surface area contributed by atoms with Gasteiger partial charge in [0.1, 0.15) is 5.69 Å². The van der Waals surface area contributed by atoms with Gasteiger partial charge in [-0.3, -0.25) is 9.53 Å². The van der Waals surface area contributed by atoms with Crippen molar-refractivity contribution >= 4 is 34.0 Å². The van der Waals surface area contributed by atoms with Gasteiger partial charge in [-0.05, 0) is 43.5 Å². The van der Waals surface area contributed by atoms with E-state index in [9.17, 15) is 18.0 Å². The molecule has 0 unspecified atom stereocenters. The highest BCUT2D eigenvalue weighted by atomic mass is 35.5. The number of fused-ring (bicyclic) bond motifs is 1. The van der Waals surface area contributed by atoms with Crippen molar-refractivity contribution in [2.45, 2.75) is 37.6 Å². The molecule has 3 aromatic rings. The molecular weight excluding hydrogens is 449 g/mol. The summed E-state index contributed by atoms with van der Waals surface area (Å²) < 4.78 is 46.1. The molecule has 1 saturated carbocycles. The van der Waals surface area contributed by atoms with Crippen molar-refractivity contribution in [3.05, 3.63) is 59.4 Å². The molecule has 0 atom stereocenters. The predicted octanol–water partition coefficient (Wildman–Crippen LogP) is 4.89. The smallest absolute Gasteiger partial charge is 0.421 e. The molecule has 2 heterocycles. The SMILES string of the molecule is C=C(CCNC(=O)c1ccc2cc(Cl)ccc2n1)c1nnc(C2CC(OC(F)(F)F)C2)o1. The third-order valence-corrected chi connectivity index (χ3v) is 5.32. The number of carbonyl (C=O) groups is 1. The molecular formula is C21H18ClF3N4O3. The Bertz CT molecular complexity index is 1160. The van der Waals surface area contributed by atoms with Gasteiger partial charge in [0.2, 0.25) is 11.8 Å². The van der Waals surface area contributed by atoms with E-state index in [-0.39, 0.29) is 48.7 Å². The number of hydrogen-bond donors (Lipinski definition) is 1. The molecule has 1 aromatic carbocycles. The van der Waals surface area contributed by atoms with Crippen molar-refractivity contribution in [2.24, 2.45) is 0 Å². The zero-order valence-corrected chi connectivity index (χ0v) is 17.4. The van der Waals surface area contributed by atoms with Gasteiger partial charge in [-0.25, -0.2) is 4.98 Å². The number of benzene rings is 1. The lowest BCUT2D eigenvalue weighted by molar-refractivity contribution is -0.352. The summed E-state index contributed by atoms with van der Waals surface area (Å²) in [7, 11) is 0. The summed E-state index contributed by atoms with van der Waals surface area (Å²) in [6.45, 7) is 4.14. The Labute approximate surface area is 185 Å². The molecule has 1 N–H and O–H groups in total. The van der Waals surface area contributed by atoms with Crippen LogP contribution in [0.25, 0.3) is 16.5 Å². The third-order valence-electron chi connectivity index (χ3n) is 5.08. The van der Waals surface area contributed by atoms with Gasteiger partial charge in [0.25, 0.3) is 5.91 Å². The molecule has 0 spiro atoms. The normalized spacial score (nSPS) is 18.4. The van der Waals surface area contributed by atoms with Crippen LogP contribution in [-0.2, 0) is 4.74 Å². The summed E-state index contributed by atoms with van der Waals surface area (Å²) >= 11 is 5.95. The molecule has 0 saturated heterocycles. The summed E-state index contributed by atoms with van der Waals surface area (Å²) in [5.74, 6) is -0.168. The van der Waals surface area contributed by atoms with Gasteiger partial charge >= 0.3 is 6.36 Å². The number of amides is 1. The van der Waals surface area contributed by atoms with E-state index in [2.05, 4.69) is 31.8 Å². The summed E-state index contributed by atoms with van der Waals surface area (Å²) in [6, 6.07) is 8.59. The fraction of sp³-hybridized carbons (Fsp3) is 0.333. The molecule has 0 radical (unpaired) electrons. The standard InChI is InChI=1S/C21H18ClF3N4O3/c1-11(19-28-29-20(31-19)13-9-15(10-13)32-21(23,24)25)6-7-26-18(30)17-4-2-12-8-14(22)3-5-16(12)27-17/h2-5,8,13,15H,1,6-7,9-10H2,(H,26,30). The van der Waals surface area contributed by atoms with E-state index in [1.165, 1.54) is 0 Å². The Kier molecular flexibility index (Phi) is 6.16. The van der Waals surface area contributed by atoms with Crippen molar-refractivity contribution in [1.29, 1.82) is 0 Å². The molecule has 7 nitrogen and oxygen atoms in total. The van der Waals surface area contributed by atoms with Crippen molar-refractivity contribution < 1.29 is 27.1 Å². The summed E-state index contributed by atoms with van der Waals surface area (Å²) in [5.41, 5.74) is 1.43. The van der Waals surface area contributed by atoms with E-state index in [1.807, 2.05) is 0 Å². The lowest BCUT2D eigenvalue weighted by atomic mass is 9.82. The van der Waals surface area contributed by atoms with Crippen molar-refractivity contribution in [1.82, 2.24) is 20.5 Å². The Morgan fingerprint density at radius 1 is 1.25 bits per heavy atom. The first kappa shape index (κ1) is 22.2. The van der Waals surface area contributed by atoms with Gasteiger partial charge in [0.05, 0.1) is 11.6 Å². The maximum absolute atomic E-state index is 12.4. The Morgan fingerprint density at radius 2 is 2.03 bits per heavy atom. The van der Waals surface area contributed by atoms with Crippen LogP contribution in [0.4, 0.5) is 13.2 Å². The average molecular weight is 467 g/mol. The number of rotatable bonds is 7. The number of alkyl halides is 3. The maximum Gasteiger partial charge on any atom is 0.522 e. The van der Waals surface area contributed by atoms with Crippen LogP contribution in [0.2, 0.25) is 5.02 Å². The Morgan fingerprint density at radius 3 is 2.78 bits per heavy atom. The van der Waals surface area contributed by atoms with Crippen molar-refractivity contribution in [2.75, 3.05) is 6.54 Å². The number of hydrogen-bond acceptors (Lipinski definition) is 6. The molecule has 0 bridgehead atoms. The molecule has 0 aliphatic heterocycles. The van der Waals surface area contributed by atoms with Crippen LogP contribution in [0.3, 0.4) is 0 Å². The number of nitrogens with one attached hydrogen (secondary N) is 1. The van der Waals surface area contributed by atoms with E-state index < -0.39 is 12.5 Å². The van der Waals surface area contributed by atoms with Gasteiger partial charge in [0, 0.05) is 28.4 Å². The van der Waals surface area contributed by atoms with E-state index in [1.54, 1.807) is 30.3 Å². The third kappa shape index (κ3) is 5.25. The minimum atomic E-state index is -4.65. The minimum Gasteiger partial charge on any atom is -0.421 e. The van der Waals surface area contributed by atoms with Crippen LogP contribution in [-0.4, -0.2) is 40.1 Å². The number of carbonyl (C=O) groups excluding carboxylic acids is 1. The summed E-state index contributed by atoms with van der Waals surface area (Å²) in [4.78, 5) is 16.7.